The molecule has 146 valence electrons. The molecule has 1 N–H and O–H groups in total. The van der Waals surface area contributed by atoms with E-state index in [9.17, 15) is 14.7 Å². The first-order valence-corrected chi connectivity index (χ1v) is 9.22. The second-order valence-corrected chi connectivity index (χ2v) is 6.61. The highest BCUT2D eigenvalue weighted by Crippen LogP contribution is 2.34. The molecule has 6 nitrogen and oxygen atoms in total. The normalized spacial score (nSPS) is 14.1. The molecule has 0 radical (unpaired) electrons. The number of aliphatic hydroxyl groups excluding tert-OH is 1. The number of carbonyl (C=O) groups is 2. The zero-order valence-corrected chi connectivity index (χ0v) is 16.3. The van der Waals surface area contributed by atoms with Gasteiger partial charge in [0.25, 0.3) is 11.8 Å². The number of aryl methyl sites for hydroxylation is 1. The van der Waals surface area contributed by atoms with Crippen LogP contribution in [0, 0.1) is 6.92 Å². The summed E-state index contributed by atoms with van der Waals surface area (Å²) < 4.78 is 5.44. The maximum absolute atomic E-state index is 13.3. The summed E-state index contributed by atoms with van der Waals surface area (Å²) in [5.74, 6) is -0.104. The van der Waals surface area contributed by atoms with Crippen molar-refractivity contribution in [1.82, 2.24) is 4.90 Å². The third-order valence-electron chi connectivity index (χ3n) is 4.62. The van der Waals surface area contributed by atoms with Crippen LogP contribution in [0.4, 0.5) is 5.69 Å². The van der Waals surface area contributed by atoms with E-state index in [-0.39, 0.29) is 24.8 Å². The van der Waals surface area contributed by atoms with Crippen molar-refractivity contribution in [3.63, 3.8) is 0 Å². The van der Waals surface area contributed by atoms with Crippen molar-refractivity contribution in [3.05, 3.63) is 65.4 Å². The average Bonchev–Trinajstić information content (AvgIpc) is 2.94. The van der Waals surface area contributed by atoms with Gasteiger partial charge >= 0.3 is 0 Å². The van der Waals surface area contributed by atoms with Crippen LogP contribution in [-0.4, -0.2) is 48.6 Å². The molecule has 1 aliphatic rings. The topological polar surface area (TPSA) is 70.1 Å². The molecule has 1 heterocycles. The van der Waals surface area contributed by atoms with Gasteiger partial charge in [-0.15, -0.1) is 0 Å². The van der Waals surface area contributed by atoms with E-state index in [0.717, 1.165) is 5.56 Å². The van der Waals surface area contributed by atoms with Crippen molar-refractivity contribution in [1.29, 1.82) is 0 Å². The maximum atomic E-state index is 13.3. The summed E-state index contributed by atoms with van der Waals surface area (Å²) in [6.07, 6.45) is 0. The summed E-state index contributed by atoms with van der Waals surface area (Å²) in [7, 11) is 1.70. The summed E-state index contributed by atoms with van der Waals surface area (Å²) in [6.45, 7) is 4.52. The number of carbonyl (C=O) groups excluding carboxylic acids is 2. The van der Waals surface area contributed by atoms with Crippen LogP contribution in [0.1, 0.15) is 18.1 Å². The molecule has 6 heteroatoms. The summed E-state index contributed by atoms with van der Waals surface area (Å²) in [4.78, 5) is 29.2. The third-order valence-corrected chi connectivity index (χ3v) is 4.62. The molecule has 0 spiro atoms. The number of ether oxygens (including phenoxy) is 1. The van der Waals surface area contributed by atoms with Crippen LogP contribution in [0.3, 0.4) is 0 Å². The van der Waals surface area contributed by atoms with E-state index in [1.165, 1.54) is 4.90 Å². The number of amides is 2. The van der Waals surface area contributed by atoms with E-state index < -0.39 is 5.91 Å². The zero-order chi connectivity index (χ0) is 20.3. The van der Waals surface area contributed by atoms with Crippen molar-refractivity contribution in [2.24, 2.45) is 0 Å². The number of hydrogen-bond acceptors (Lipinski definition) is 5. The lowest BCUT2D eigenvalue weighted by Crippen LogP contribution is -2.34. The number of benzene rings is 2. The van der Waals surface area contributed by atoms with Gasteiger partial charge in [0.2, 0.25) is 0 Å². The Labute approximate surface area is 164 Å². The summed E-state index contributed by atoms with van der Waals surface area (Å²) in [5, 5.41) is 9.32. The highest BCUT2D eigenvalue weighted by atomic mass is 16.5. The Balaban J connectivity index is 2.04. The van der Waals surface area contributed by atoms with Crippen molar-refractivity contribution in [2.75, 3.05) is 31.7 Å². The molecule has 28 heavy (non-hydrogen) atoms. The third kappa shape index (κ3) is 3.64. The molecular weight excluding hydrogens is 356 g/mol. The fourth-order valence-corrected chi connectivity index (χ4v) is 3.21. The molecule has 0 saturated carbocycles. The van der Waals surface area contributed by atoms with Crippen molar-refractivity contribution in [2.45, 2.75) is 13.8 Å². The van der Waals surface area contributed by atoms with E-state index in [4.69, 9.17) is 4.74 Å². The minimum Gasteiger partial charge on any atom is -0.494 e. The molecule has 0 aliphatic carbocycles. The first kappa shape index (κ1) is 19.6. The lowest BCUT2D eigenvalue weighted by molar-refractivity contribution is -0.120. The molecule has 0 atom stereocenters. The van der Waals surface area contributed by atoms with Crippen LogP contribution in [0.2, 0.25) is 0 Å². The highest BCUT2D eigenvalue weighted by Gasteiger charge is 2.41. The van der Waals surface area contributed by atoms with Gasteiger partial charge in [-0.1, -0.05) is 29.8 Å². The van der Waals surface area contributed by atoms with Crippen molar-refractivity contribution >= 4 is 23.1 Å². The van der Waals surface area contributed by atoms with E-state index in [0.29, 0.717) is 29.2 Å². The van der Waals surface area contributed by atoms with Gasteiger partial charge in [-0.25, -0.2) is 4.90 Å². The van der Waals surface area contributed by atoms with Gasteiger partial charge in [0.1, 0.15) is 11.4 Å². The van der Waals surface area contributed by atoms with Crippen LogP contribution < -0.4 is 9.64 Å². The Morgan fingerprint density at radius 2 is 1.64 bits per heavy atom. The Bertz CT molecular complexity index is 901. The monoisotopic (exact) mass is 380 g/mol. The number of aliphatic hydroxyl groups is 1. The number of imide groups is 1. The van der Waals surface area contributed by atoms with Gasteiger partial charge in [0.15, 0.2) is 0 Å². The van der Waals surface area contributed by atoms with Gasteiger partial charge < -0.3 is 14.7 Å². The number of anilines is 1. The number of hydrogen-bond donors (Lipinski definition) is 1. The predicted octanol–water partition coefficient (Wildman–Crippen LogP) is 2.60. The number of nitrogens with zero attached hydrogens (tertiary/aromatic N) is 2. The fraction of sp³-hybridized carbons (Fsp3) is 0.273. The van der Waals surface area contributed by atoms with Gasteiger partial charge in [-0.3, -0.25) is 9.59 Å². The summed E-state index contributed by atoms with van der Waals surface area (Å²) in [6, 6.07) is 14.4. The summed E-state index contributed by atoms with van der Waals surface area (Å²) in [5.41, 5.74) is 2.86. The minimum absolute atomic E-state index is 0.119. The van der Waals surface area contributed by atoms with Crippen LogP contribution >= 0.6 is 0 Å². The lowest BCUT2D eigenvalue weighted by atomic mass is 10.0. The molecule has 2 amide bonds. The first-order chi connectivity index (χ1) is 13.5. The van der Waals surface area contributed by atoms with E-state index in [1.54, 1.807) is 36.2 Å². The molecule has 0 bridgehead atoms. The van der Waals surface area contributed by atoms with Gasteiger partial charge in [-0.2, -0.15) is 0 Å². The van der Waals surface area contributed by atoms with Crippen LogP contribution in [0.5, 0.6) is 5.75 Å². The molecule has 2 aromatic carbocycles. The second kappa shape index (κ2) is 8.27. The fourth-order valence-electron chi connectivity index (χ4n) is 3.21. The van der Waals surface area contributed by atoms with Gasteiger partial charge in [-0.05, 0) is 43.7 Å². The largest absolute Gasteiger partial charge is 0.494 e. The Morgan fingerprint density at radius 1 is 1.00 bits per heavy atom. The zero-order valence-electron chi connectivity index (χ0n) is 16.3. The smallest absolute Gasteiger partial charge is 0.282 e. The van der Waals surface area contributed by atoms with Crippen molar-refractivity contribution < 1.29 is 19.4 Å². The minimum atomic E-state index is -0.402. The second-order valence-electron chi connectivity index (χ2n) is 6.61. The molecular formula is C22H24N2O4. The highest BCUT2D eigenvalue weighted by molar-refractivity contribution is 6.45. The lowest BCUT2D eigenvalue weighted by Gasteiger charge is -2.20. The average molecular weight is 380 g/mol. The molecule has 1 aliphatic heterocycles. The quantitative estimate of drug-likeness (QED) is 0.748. The maximum Gasteiger partial charge on any atom is 0.282 e. The van der Waals surface area contributed by atoms with Gasteiger partial charge in [0.05, 0.1) is 24.5 Å². The molecule has 2 aromatic rings. The molecule has 0 fully saturated rings. The molecule has 3 rings (SSSR count). The van der Waals surface area contributed by atoms with Crippen LogP contribution in [0.25, 0.3) is 5.57 Å². The SMILES string of the molecule is CCOc1ccc(N2C(=O)C(c3ccc(C)cc3)=C(N(C)CCO)C2=O)cc1. The Morgan fingerprint density at radius 3 is 2.21 bits per heavy atom. The Kier molecular flexibility index (Phi) is 5.80. The Hall–Kier alpha value is -3.12. The van der Waals surface area contributed by atoms with Crippen LogP contribution in [0.15, 0.2) is 54.2 Å². The summed E-state index contributed by atoms with van der Waals surface area (Å²) >= 11 is 0. The molecule has 0 aromatic heterocycles. The van der Waals surface area contributed by atoms with E-state index >= 15 is 0 Å². The van der Waals surface area contributed by atoms with E-state index in [1.807, 2.05) is 38.1 Å². The first-order valence-electron chi connectivity index (χ1n) is 9.22. The van der Waals surface area contributed by atoms with Crippen LogP contribution in [-0.2, 0) is 9.59 Å². The standard InChI is InChI=1S/C22H24N2O4/c1-4-28-18-11-9-17(10-12-18)24-21(26)19(16-7-5-15(2)6-8-16)20(22(24)27)23(3)13-14-25/h5-12,25H,4,13-14H2,1-3H3. The van der Waals surface area contributed by atoms with Crippen molar-refractivity contribution in [3.8, 4) is 5.75 Å². The number of rotatable bonds is 7. The molecule has 0 unspecified atom stereocenters. The van der Waals surface area contributed by atoms with Gasteiger partial charge in [0, 0.05) is 13.6 Å². The predicted molar refractivity (Wildman–Crippen MR) is 108 cm³/mol. The van der Waals surface area contributed by atoms with E-state index in [2.05, 4.69) is 0 Å². The molecule has 0 saturated heterocycles. The number of likely N-dealkylation sites (N-methyl/N-ethyl adjacent to an activating group) is 1.